The van der Waals surface area contributed by atoms with Crippen LogP contribution in [-0.2, 0) is 18.4 Å². The number of allylic oxidation sites excluding steroid dienone is 2. The normalized spacial score (nSPS) is 16.3. The minimum Gasteiger partial charge on any atom is -0.331 e. The molecule has 1 aliphatic heterocycles. The van der Waals surface area contributed by atoms with Crippen molar-refractivity contribution in [2.24, 2.45) is 7.05 Å². The van der Waals surface area contributed by atoms with Crippen molar-refractivity contribution in [3.63, 3.8) is 0 Å². The van der Waals surface area contributed by atoms with Crippen molar-refractivity contribution >= 4 is 33.4 Å². The fraction of sp³-hybridized carbons (Fsp3) is 0.200. The molecule has 0 aliphatic carbocycles. The van der Waals surface area contributed by atoms with Crippen LogP contribution >= 0.6 is 11.3 Å². The Hall–Kier alpha value is -3.92. The lowest BCUT2D eigenvalue weighted by Gasteiger charge is -2.31. The lowest BCUT2D eigenvalue weighted by molar-refractivity contribution is -0.127. The molecule has 1 atom stereocenters. The average molecular weight is 493 g/mol. The molecular weight excluding hydrogens is 470 g/mol. The molecule has 5 rings (SSSR count). The SMILES string of the molecule is C=CC(=O)N1Cc2cc(-c3nc(-c4cnn(C)c4)c4ccsc4c3C=C(F)/C=C/F)nn2C(C)C1. The monoisotopic (exact) mass is 492 g/mol. The number of aromatic nitrogens is 5. The molecule has 0 aromatic carbocycles. The second-order valence-corrected chi connectivity index (χ2v) is 9.26. The maximum absolute atomic E-state index is 14.5. The minimum atomic E-state index is -0.737. The molecule has 0 saturated heterocycles. The third-order valence-corrected chi connectivity index (χ3v) is 6.87. The van der Waals surface area contributed by atoms with Gasteiger partial charge in [-0.05, 0) is 36.6 Å². The predicted octanol–water partition coefficient (Wildman–Crippen LogP) is 5.44. The van der Waals surface area contributed by atoms with Crippen molar-refractivity contribution in [2.75, 3.05) is 6.54 Å². The molecule has 0 saturated carbocycles. The zero-order valence-electron chi connectivity index (χ0n) is 19.2. The first-order chi connectivity index (χ1) is 16.9. The predicted molar refractivity (Wildman–Crippen MR) is 133 cm³/mol. The van der Waals surface area contributed by atoms with Crippen molar-refractivity contribution in [1.29, 1.82) is 0 Å². The summed E-state index contributed by atoms with van der Waals surface area (Å²) in [4.78, 5) is 18.9. The number of thiophene rings is 1. The molecule has 0 radical (unpaired) electrons. The molecule has 4 aromatic rings. The van der Waals surface area contributed by atoms with E-state index in [2.05, 4.69) is 11.7 Å². The van der Waals surface area contributed by atoms with Gasteiger partial charge in [0.2, 0.25) is 5.91 Å². The maximum Gasteiger partial charge on any atom is 0.246 e. The second kappa shape index (κ2) is 9.03. The van der Waals surface area contributed by atoms with Crippen molar-refractivity contribution in [1.82, 2.24) is 29.4 Å². The van der Waals surface area contributed by atoms with Crippen molar-refractivity contribution in [2.45, 2.75) is 19.5 Å². The first-order valence-electron chi connectivity index (χ1n) is 10.9. The highest BCUT2D eigenvalue weighted by atomic mass is 32.1. The number of aryl methyl sites for hydroxylation is 1. The van der Waals surface area contributed by atoms with E-state index >= 15 is 0 Å². The highest BCUT2D eigenvalue weighted by molar-refractivity contribution is 7.17. The van der Waals surface area contributed by atoms with Gasteiger partial charge in [0.15, 0.2) is 0 Å². The molecule has 0 spiro atoms. The summed E-state index contributed by atoms with van der Waals surface area (Å²) in [6, 6.07) is 3.73. The van der Waals surface area contributed by atoms with Gasteiger partial charge in [0.1, 0.15) is 17.2 Å². The minimum absolute atomic E-state index is 0.0649. The summed E-state index contributed by atoms with van der Waals surface area (Å²) in [6.07, 6.45) is 7.10. The molecule has 0 bridgehead atoms. The summed E-state index contributed by atoms with van der Waals surface area (Å²) >= 11 is 1.45. The third-order valence-electron chi connectivity index (χ3n) is 5.92. The highest BCUT2D eigenvalue weighted by Crippen LogP contribution is 2.39. The van der Waals surface area contributed by atoms with Crippen molar-refractivity contribution in [3.8, 4) is 22.6 Å². The van der Waals surface area contributed by atoms with Crippen LogP contribution in [0.15, 0.2) is 60.8 Å². The largest absolute Gasteiger partial charge is 0.331 e. The Morgan fingerprint density at radius 2 is 2.17 bits per heavy atom. The van der Waals surface area contributed by atoms with E-state index in [4.69, 9.17) is 10.1 Å². The molecule has 7 nitrogen and oxygen atoms in total. The summed E-state index contributed by atoms with van der Waals surface area (Å²) in [5.74, 6) is -0.883. The van der Waals surface area contributed by atoms with Crippen LogP contribution in [0.3, 0.4) is 0 Å². The van der Waals surface area contributed by atoms with Gasteiger partial charge in [-0.25, -0.2) is 13.8 Å². The number of amides is 1. The van der Waals surface area contributed by atoms with E-state index in [0.29, 0.717) is 35.7 Å². The van der Waals surface area contributed by atoms with E-state index in [0.717, 1.165) is 27.4 Å². The first-order valence-corrected chi connectivity index (χ1v) is 11.8. The Kier molecular flexibility index (Phi) is 5.89. The molecule has 1 amide bonds. The number of fused-ring (bicyclic) bond motifs is 2. The van der Waals surface area contributed by atoms with E-state index in [1.807, 2.05) is 42.4 Å². The standard InChI is InChI=1S/C25H22F2N6OS/c1-4-22(34)32-12-15(2)33-18(14-32)10-21(30-33)24-20(9-17(27)5-7-26)25-19(6-8-35-25)23(29-24)16-11-28-31(3)13-16/h4-11,13,15H,1,12,14H2,2-3H3/b7-5+,17-9?. The van der Waals surface area contributed by atoms with Gasteiger partial charge in [-0.2, -0.15) is 10.2 Å². The third kappa shape index (κ3) is 4.10. The Morgan fingerprint density at radius 3 is 2.89 bits per heavy atom. The van der Waals surface area contributed by atoms with Crippen LogP contribution in [0.2, 0.25) is 0 Å². The van der Waals surface area contributed by atoms with Gasteiger partial charge in [0, 0.05) is 47.1 Å². The summed E-state index contributed by atoms with van der Waals surface area (Å²) in [5, 5.41) is 11.8. The smallest absolute Gasteiger partial charge is 0.246 e. The molecule has 1 aliphatic rings. The molecule has 0 fully saturated rings. The summed E-state index contributed by atoms with van der Waals surface area (Å²) in [6.45, 7) is 6.44. The van der Waals surface area contributed by atoms with Crippen LogP contribution in [0, 0.1) is 0 Å². The van der Waals surface area contributed by atoms with Crippen LogP contribution < -0.4 is 0 Å². The van der Waals surface area contributed by atoms with E-state index in [-0.39, 0.29) is 18.3 Å². The Labute approximate surface area is 204 Å². The first kappa shape index (κ1) is 22.9. The van der Waals surface area contributed by atoms with Crippen LogP contribution in [-0.4, -0.2) is 41.9 Å². The van der Waals surface area contributed by atoms with Gasteiger partial charge >= 0.3 is 0 Å². The van der Waals surface area contributed by atoms with E-state index < -0.39 is 5.83 Å². The zero-order chi connectivity index (χ0) is 24.7. The number of nitrogens with zero attached hydrogens (tertiary/aromatic N) is 6. The number of carbonyl (C=O) groups is 1. The second-order valence-electron chi connectivity index (χ2n) is 8.35. The van der Waals surface area contributed by atoms with E-state index in [1.165, 1.54) is 23.5 Å². The van der Waals surface area contributed by atoms with Gasteiger partial charge in [-0.15, -0.1) is 11.3 Å². The van der Waals surface area contributed by atoms with Crippen LogP contribution in [0.1, 0.15) is 24.2 Å². The molecule has 4 aromatic heterocycles. The number of carbonyl (C=O) groups excluding carboxylic acids is 1. The summed E-state index contributed by atoms with van der Waals surface area (Å²) < 4.78 is 31.6. The summed E-state index contributed by atoms with van der Waals surface area (Å²) in [5.41, 5.74) is 3.88. The Morgan fingerprint density at radius 1 is 1.34 bits per heavy atom. The highest BCUT2D eigenvalue weighted by Gasteiger charge is 2.28. The van der Waals surface area contributed by atoms with Gasteiger partial charge in [-0.3, -0.25) is 14.2 Å². The molecule has 5 heterocycles. The lowest BCUT2D eigenvalue weighted by Crippen LogP contribution is -2.39. The van der Waals surface area contributed by atoms with Crippen LogP contribution in [0.4, 0.5) is 8.78 Å². The number of halogens is 2. The van der Waals surface area contributed by atoms with Crippen LogP contribution in [0.5, 0.6) is 0 Å². The fourth-order valence-electron chi connectivity index (χ4n) is 4.38. The van der Waals surface area contributed by atoms with E-state index in [1.54, 1.807) is 15.8 Å². The topological polar surface area (TPSA) is 68.8 Å². The Balaban J connectivity index is 1.74. The van der Waals surface area contributed by atoms with Crippen molar-refractivity contribution < 1.29 is 13.6 Å². The van der Waals surface area contributed by atoms with Crippen LogP contribution in [0.25, 0.3) is 38.8 Å². The number of rotatable bonds is 5. The van der Waals surface area contributed by atoms with Gasteiger partial charge in [0.05, 0.1) is 36.5 Å². The lowest BCUT2D eigenvalue weighted by atomic mass is 10.0. The molecule has 1 unspecified atom stereocenters. The van der Waals surface area contributed by atoms with Gasteiger partial charge < -0.3 is 4.90 Å². The quantitative estimate of drug-likeness (QED) is 0.275. The summed E-state index contributed by atoms with van der Waals surface area (Å²) in [7, 11) is 1.83. The van der Waals surface area contributed by atoms with Gasteiger partial charge in [0.25, 0.3) is 0 Å². The average Bonchev–Trinajstić information content (AvgIpc) is 3.58. The zero-order valence-corrected chi connectivity index (χ0v) is 20.0. The molecule has 10 heteroatoms. The van der Waals surface area contributed by atoms with E-state index in [9.17, 15) is 13.6 Å². The molecule has 178 valence electrons. The Bertz CT molecular complexity index is 1510. The molecule has 0 N–H and O–H groups in total. The maximum atomic E-state index is 14.5. The molecule has 35 heavy (non-hydrogen) atoms. The van der Waals surface area contributed by atoms with Crippen molar-refractivity contribution in [3.05, 3.63) is 72.1 Å². The number of pyridine rings is 1. The fourth-order valence-corrected chi connectivity index (χ4v) is 5.30. The molecular formula is C25H22F2N6OS. The van der Waals surface area contributed by atoms with Gasteiger partial charge in [-0.1, -0.05) is 6.58 Å². The number of hydrogen-bond donors (Lipinski definition) is 0. The number of hydrogen-bond acceptors (Lipinski definition) is 5.